The molecule has 1 aromatic carbocycles. The molecule has 0 fully saturated rings. The Kier molecular flexibility index (Phi) is 5.53. The van der Waals surface area contributed by atoms with Gasteiger partial charge in [0.15, 0.2) is 0 Å². The van der Waals surface area contributed by atoms with E-state index in [1.165, 1.54) is 34.2 Å². The van der Waals surface area contributed by atoms with Crippen molar-refractivity contribution in [3.63, 3.8) is 0 Å². The lowest BCUT2D eigenvalue weighted by molar-refractivity contribution is -0.118. The van der Waals surface area contributed by atoms with Gasteiger partial charge in [-0.25, -0.2) is 4.98 Å². The summed E-state index contributed by atoms with van der Waals surface area (Å²) in [6.07, 6.45) is 1.66. The molecule has 0 bridgehead atoms. The summed E-state index contributed by atoms with van der Waals surface area (Å²) < 4.78 is 6.79. The summed E-state index contributed by atoms with van der Waals surface area (Å²) in [5, 5.41) is 1.15. The van der Waals surface area contributed by atoms with Gasteiger partial charge in [0.2, 0.25) is 5.91 Å². The van der Waals surface area contributed by atoms with Crippen molar-refractivity contribution in [1.82, 2.24) is 9.55 Å². The van der Waals surface area contributed by atoms with Crippen molar-refractivity contribution in [3.8, 4) is 5.75 Å². The van der Waals surface area contributed by atoms with Crippen molar-refractivity contribution in [2.45, 2.75) is 26.8 Å². The van der Waals surface area contributed by atoms with Crippen LogP contribution in [0.15, 0.2) is 29.3 Å². The fourth-order valence-corrected chi connectivity index (χ4v) is 4.03. The summed E-state index contributed by atoms with van der Waals surface area (Å²) in [6, 6.07) is 5.09. The van der Waals surface area contributed by atoms with E-state index in [2.05, 4.69) is 4.98 Å². The minimum Gasteiger partial charge on any atom is -0.495 e. The molecule has 3 rings (SSSR count). The van der Waals surface area contributed by atoms with Crippen LogP contribution in [0, 0.1) is 13.8 Å². The van der Waals surface area contributed by atoms with Crippen molar-refractivity contribution in [3.05, 3.63) is 50.3 Å². The molecule has 6 nitrogen and oxygen atoms in total. The first-order valence-electron chi connectivity index (χ1n) is 8.38. The zero-order chi connectivity index (χ0) is 19.7. The summed E-state index contributed by atoms with van der Waals surface area (Å²) in [6.45, 7) is 4.15. The van der Waals surface area contributed by atoms with E-state index in [-0.39, 0.29) is 24.4 Å². The van der Waals surface area contributed by atoms with E-state index in [9.17, 15) is 9.59 Å². The second-order valence-electron chi connectivity index (χ2n) is 6.23. The Morgan fingerprint density at radius 2 is 2.11 bits per heavy atom. The van der Waals surface area contributed by atoms with E-state index >= 15 is 0 Å². The third-order valence-corrected chi connectivity index (χ3v) is 5.95. The number of amides is 1. The summed E-state index contributed by atoms with van der Waals surface area (Å²) in [5.41, 5.74) is 1.42. The third-order valence-electron chi connectivity index (χ3n) is 4.60. The highest BCUT2D eigenvalue weighted by atomic mass is 35.5. The molecule has 0 N–H and O–H groups in total. The molecule has 0 saturated heterocycles. The highest BCUT2D eigenvalue weighted by Crippen LogP contribution is 2.31. The number of halogens is 1. The van der Waals surface area contributed by atoms with Gasteiger partial charge >= 0.3 is 0 Å². The molecule has 8 heteroatoms. The van der Waals surface area contributed by atoms with Crippen LogP contribution in [-0.2, 0) is 11.3 Å². The molecule has 0 unspecified atom stereocenters. The molecule has 0 aliphatic rings. The SMILES string of the molecule is COc1ccc(Cl)cc1N(C)C(=O)CCn1cnc2sc(C)c(C)c2c1=O. The second-order valence-corrected chi connectivity index (χ2v) is 7.87. The molecule has 0 saturated carbocycles. The quantitative estimate of drug-likeness (QED) is 0.647. The number of benzene rings is 1. The highest BCUT2D eigenvalue weighted by molar-refractivity contribution is 7.18. The van der Waals surface area contributed by atoms with Crippen molar-refractivity contribution >= 4 is 44.7 Å². The number of fused-ring (bicyclic) bond motifs is 1. The molecule has 1 amide bonds. The van der Waals surface area contributed by atoms with E-state index in [0.717, 1.165) is 15.3 Å². The Morgan fingerprint density at radius 1 is 1.37 bits per heavy atom. The Bertz CT molecular complexity index is 1070. The minimum atomic E-state index is -0.152. The zero-order valence-electron chi connectivity index (χ0n) is 15.6. The summed E-state index contributed by atoms with van der Waals surface area (Å²) in [5.74, 6) is 0.403. The van der Waals surface area contributed by atoms with Crippen LogP contribution in [0.4, 0.5) is 5.69 Å². The molecule has 0 atom stereocenters. The lowest BCUT2D eigenvalue weighted by Crippen LogP contribution is -2.29. The van der Waals surface area contributed by atoms with Crippen LogP contribution in [0.5, 0.6) is 5.75 Å². The molecule has 27 heavy (non-hydrogen) atoms. The van der Waals surface area contributed by atoms with E-state index in [0.29, 0.717) is 21.8 Å². The molecular weight excluding hydrogens is 386 g/mol. The minimum absolute atomic E-state index is 0.113. The highest BCUT2D eigenvalue weighted by Gasteiger charge is 2.17. The van der Waals surface area contributed by atoms with Crippen LogP contribution >= 0.6 is 22.9 Å². The first-order chi connectivity index (χ1) is 12.8. The smallest absolute Gasteiger partial charge is 0.262 e. The van der Waals surface area contributed by atoms with Gasteiger partial charge < -0.3 is 9.64 Å². The van der Waals surface area contributed by atoms with E-state index in [4.69, 9.17) is 16.3 Å². The number of nitrogens with zero attached hydrogens (tertiary/aromatic N) is 3. The van der Waals surface area contributed by atoms with Crippen LogP contribution in [0.2, 0.25) is 5.02 Å². The molecule has 2 aromatic heterocycles. The Morgan fingerprint density at radius 3 is 2.81 bits per heavy atom. The maximum Gasteiger partial charge on any atom is 0.262 e. The average Bonchev–Trinajstić information content (AvgIpc) is 2.95. The monoisotopic (exact) mass is 405 g/mol. The average molecular weight is 406 g/mol. The maximum atomic E-state index is 12.7. The fraction of sp³-hybridized carbons (Fsp3) is 0.316. The Hall–Kier alpha value is -2.38. The molecular formula is C19H20ClN3O3S. The second kappa shape index (κ2) is 7.70. The number of carbonyl (C=O) groups excluding carboxylic acids is 1. The van der Waals surface area contributed by atoms with Gasteiger partial charge in [-0.3, -0.25) is 14.2 Å². The predicted octanol–water partition coefficient (Wildman–Crippen LogP) is 3.79. The van der Waals surface area contributed by atoms with Crippen molar-refractivity contribution in [2.75, 3.05) is 19.1 Å². The van der Waals surface area contributed by atoms with Crippen LogP contribution in [0.3, 0.4) is 0 Å². The predicted molar refractivity (Wildman–Crippen MR) is 109 cm³/mol. The number of hydrogen-bond donors (Lipinski definition) is 0. The number of aromatic nitrogens is 2. The Balaban J connectivity index is 1.81. The number of carbonyl (C=O) groups is 1. The lowest BCUT2D eigenvalue weighted by atomic mass is 10.2. The van der Waals surface area contributed by atoms with Crippen molar-refractivity contribution in [1.29, 1.82) is 0 Å². The third kappa shape index (κ3) is 3.70. The van der Waals surface area contributed by atoms with Crippen molar-refractivity contribution in [2.24, 2.45) is 0 Å². The molecule has 0 aliphatic carbocycles. The Labute approximate surface area is 166 Å². The fourth-order valence-electron chi connectivity index (χ4n) is 2.87. The summed E-state index contributed by atoms with van der Waals surface area (Å²) in [4.78, 5) is 33.0. The maximum absolute atomic E-state index is 12.7. The lowest BCUT2D eigenvalue weighted by Gasteiger charge is -2.20. The number of aryl methyl sites for hydroxylation is 3. The van der Waals surface area contributed by atoms with E-state index in [1.54, 1.807) is 25.2 Å². The van der Waals surface area contributed by atoms with Crippen LogP contribution in [-0.4, -0.2) is 29.6 Å². The molecule has 2 heterocycles. The number of hydrogen-bond acceptors (Lipinski definition) is 5. The normalized spacial score (nSPS) is 11.0. The van der Waals surface area contributed by atoms with Crippen molar-refractivity contribution < 1.29 is 9.53 Å². The summed E-state index contributed by atoms with van der Waals surface area (Å²) >= 11 is 7.55. The molecule has 0 radical (unpaired) electrons. The topological polar surface area (TPSA) is 64.4 Å². The first-order valence-corrected chi connectivity index (χ1v) is 9.58. The number of thiophene rings is 1. The van der Waals surface area contributed by atoms with Gasteiger partial charge in [-0.1, -0.05) is 11.6 Å². The molecule has 3 aromatic rings. The van der Waals surface area contributed by atoms with Crippen LogP contribution < -0.4 is 15.2 Å². The van der Waals surface area contributed by atoms with Crippen LogP contribution in [0.1, 0.15) is 16.9 Å². The van der Waals surface area contributed by atoms with Gasteiger partial charge in [0.1, 0.15) is 10.6 Å². The number of methoxy groups -OCH3 is 1. The molecule has 0 aliphatic heterocycles. The van der Waals surface area contributed by atoms with Gasteiger partial charge in [-0.05, 0) is 37.6 Å². The number of rotatable bonds is 5. The summed E-state index contributed by atoms with van der Waals surface area (Å²) in [7, 11) is 3.20. The first kappa shape index (κ1) is 19.4. The molecule has 0 spiro atoms. The van der Waals surface area contributed by atoms with Gasteiger partial charge in [0.25, 0.3) is 5.56 Å². The standard InChI is InChI=1S/C19H20ClN3O3S/c1-11-12(2)27-18-17(11)19(25)23(10-21-18)8-7-16(24)22(3)14-9-13(20)5-6-15(14)26-4/h5-6,9-10H,7-8H2,1-4H3. The van der Waals surface area contributed by atoms with Gasteiger partial charge in [-0.15, -0.1) is 11.3 Å². The van der Waals surface area contributed by atoms with E-state index < -0.39 is 0 Å². The number of ether oxygens (including phenoxy) is 1. The van der Waals surface area contributed by atoms with Gasteiger partial charge in [0, 0.05) is 29.9 Å². The van der Waals surface area contributed by atoms with E-state index in [1.807, 2.05) is 13.8 Å². The van der Waals surface area contributed by atoms with Gasteiger partial charge in [-0.2, -0.15) is 0 Å². The number of anilines is 1. The molecule has 142 valence electrons. The van der Waals surface area contributed by atoms with Crippen LogP contribution in [0.25, 0.3) is 10.2 Å². The van der Waals surface area contributed by atoms with Gasteiger partial charge in [0.05, 0.1) is 24.5 Å². The zero-order valence-corrected chi connectivity index (χ0v) is 17.1. The largest absolute Gasteiger partial charge is 0.495 e.